The molecule has 2 aliphatic rings. The number of hydrogen-bond donors (Lipinski definition) is 0. The second-order valence-electron chi connectivity index (χ2n) is 5.76. The maximum Gasteiger partial charge on any atom is 0.249 e. The highest BCUT2D eigenvalue weighted by atomic mass is 32.1. The molecule has 126 valence electrons. The Morgan fingerprint density at radius 2 is 2.38 bits per heavy atom. The molecule has 1 atom stereocenters. The van der Waals surface area contributed by atoms with Crippen molar-refractivity contribution in [3.63, 3.8) is 0 Å². The van der Waals surface area contributed by atoms with Crippen molar-refractivity contribution in [2.24, 2.45) is 0 Å². The summed E-state index contributed by atoms with van der Waals surface area (Å²) in [5, 5.41) is 5.96. The van der Waals surface area contributed by atoms with E-state index in [1.165, 1.54) is 0 Å². The van der Waals surface area contributed by atoms with E-state index in [2.05, 4.69) is 22.2 Å². The van der Waals surface area contributed by atoms with E-state index in [9.17, 15) is 9.18 Å². The number of aryl methyl sites for hydroxylation is 1. The number of ether oxygens (including phenoxy) is 1. The highest BCUT2D eigenvalue weighted by molar-refractivity contribution is 7.13. The normalized spacial score (nSPS) is 20.5. The number of carbonyl (C=O) groups excluding carboxylic acids is 1. The number of halogens is 1. The average molecular weight is 348 g/mol. The molecule has 3 heterocycles. The molecule has 0 aromatic carbocycles. The molecule has 0 spiro atoms. The molecule has 1 unspecified atom stereocenters. The zero-order chi connectivity index (χ0) is 16.5. The number of rotatable bonds is 4. The molecule has 0 saturated carbocycles. The van der Waals surface area contributed by atoms with Gasteiger partial charge in [0, 0.05) is 18.3 Å². The van der Waals surface area contributed by atoms with Gasteiger partial charge in [0.25, 0.3) is 0 Å². The number of amides is 1. The Morgan fingerprint density at radius 3 is 3.21 bits per heavy atom. The Bertz CT molecular complexity index is 875. The quantitative estimate of drug-likeness (QED) is 0.790. The van der Waals surface area contributed by atoms with E-state index < -0.39 is 6.67 Å². The van der Waals surface area contributed by atoms with Gasteiger partial charge in [0.15, 0.2) is 0 Å². The minimum atomic E-state index is -0.438. The number of nitrogens with zero attached hydrogens (tertiary/aromatic N) is 4. The van der Waals surface area contributed by atoms with Crippen molar-refractivity contribution < 1.29 is 13.9 Å². The standard InChI is InChI=1S/C16H17FN4O2S/c17-3-4-20-9-11(8-18-20)16-19-13-2-1-12(7-14(13)24-16)21-5-6-23-10-15(21)22/h2,7-9,12H,1,3-6,10H2. The van der Waals surface area contributed by atoms with E-state index in [-0.39, 0.29) is 25.1 Å². The first-order chi connectivity index (χ1) is 11.7. The van der Waals surface area contributed by atoms with E-state index in [4.69, 9.17) is 4.74 Å². The fourth-order valence-electron chi connectivity index (χ4n) is 2.99. The van der Waals surface area contributed by atoms with Gasteiger partial charge in [-0.3, -0.25) is 9.48 Å². The van der Waals surface area contributed by atoms with Crippen LogP contribution in [0.2, 0.25) is 0 Å². The van der Waals surface area contributed by atoms with E-state index in [1.54, 1.807) is 22.2 Å². The molecule has 8 heteroatoms. The van der Waals surface area contributed by atoms with Gasteiger partial charge in [-0.05, 0) is 12.5 Å². The minimum absolute atomic E-state index is 0.0385. The van der Waals surface area contributed by atoms with Crippen LogP contribution in [0.5, 0.6) is 0 Å². The summed E-state index contributed by atoms with van der Waals surface area (Å²) in [5.41, 5.74) is 0.892. The van der Waals surface area contributed by atoms with Gasteiger partial charge in [0.2, 0.25) is 5.91 Å². The van der Waals surface area contributed by atoms with Gasteiger partial charge in [0.1, 0.15) is 18.3 Å². The molecule has 0 N–H and O–H groups in total. The highest BCUT2D eigenvalue weighted by Gasteiger charge is 2.26. The lowest BCUT2D eigenvalue weighted by Gasteiger charge is -2.32. The van der Waals surface area contributed by atoms with Crippen LogP contribution in [0.3, 0.4) is 0 Å². The lowest BCUT2D eigenvalue weighted by atomic mass is 10.1. The largest absolute Gasteiger partial charge is 0.370 e. The summed E-state index contributed by atoms with van der Waals surface area (Å²) in [6.45, 7) is 1.20. The molecule has 6 nitrogen and oxygen atoms in total. The van der Waals surface area contributed by atoms with Gasteiger partial charge in [0.05, 0.1) is 35.3 Å². The zero-order valence-corrected chi connectivity index (χ0v) is 13.8. The monoisotopic (exact) mass is 348 g/mol. The van der Waals surface area contributed by atoms with E-state index in [0.717, 1.165) is 26.9 Å². The van der Waals surface area contributed by atoms with Gasteiger partial charge in [-0.25, -0.2) is 9.37 Å². The topological polar surface area (TPSA) is 60.2 Å². The van der Waals surface area contributed by atoms with Gasteiger partial charge in [-0.1, -0.05) is 6.08 Å². The first kappa shape index (κ1) is 15.5. The summed E-state index contributed by atoms with van der Waals surface area (Å²) in [5.74, 6) is 0.0385. The van der Waals surface area contributed by atoms with Crippen LogP contribution in [0.15, 0.2) is 12.4 Å². The molecule has 1 fully saturated rings. The maximum absolute atomic E-state index is 12.4. The number of morpholine rings is 1. The summed E-state index contributed by atoms with van der Waals surface area (Å²) in [6, 6.07) is 0.0662. The predicted molar refractivity (Wildman–Crippen MR) is 88.4 cm³/mol. The van der Waals surface area contributed by atoms with Gasteiger partial charge >= 0.3 is 0 Å². The fourth-order valence-corrected chi connectivity index (χ4v) is 4.02. The van der Waals surface area contributed by atoms with Crippen LogP contribution in [0.25, 0.3) is 22.7 Å². The second kappa shape index (κ2) is 6.45. The number of alkyl halides is 1. The molecule has 4 rings (SSSR count). The second-order valence-corrected chi connectivity index (χ2v) is 6.79. The zero-order valence-electron chi connectivity index (χ0n) is 13.0. The van der Waals surface area contributed by atoms with Crippen LogP contribution in [0.4, 0.5) is 4.39 Å². The van der Waals surface area contributed by atoms with Crippen LogP contribution in [0, 0.1) is 0 Å². The summed E-state index contributed by atoms with van der Waals surface area (Å²) >= 11 is 1.57. The third-order valence-electron chi connectivity index (χ3n) is 4.19. The van der Waals surface area contributed by atoms with Crippen molar-refractivity contribution in [3.8, 4) is 10.6 Å². The van der Waals surface area contributed by atoms with Crippen LogP contribution in [-0.2, 0) is 16.1 Å². The number of carbonyl (C=O) groups is 1. The molecule has 1 amide bonds. The molecule has 1 aliphatic heterocycles. The number of thiazole rings is 1. The van der Waals surface area contributed by atoms with E-state index >= 15 is 0 Å². The Balaban J connectivity index is 1.62. The van der Waals surface area contributed by atoms with Crippen LogP contribution in [-0.4, -0.2) is 58.0 Å². The lowest BCUT2D eigenvalue weighted by Crippen LogP contribution is -2.48. The summed E-state index contributed by atoms with van der Waals surface area (Å²) in [7, 11) is 0. The first-order valence-corrected chi connectivity index (χ1v) is 8.71. The maximum atomic E-state index is 12.4. The third-order valence-corrected chi connectivity index (χ3v) is 5.28. The summed E-state index contributed by atoms with van der Waals surface area (Å²) in [6.07, 6.45) is 8.49. The summed E-state index contributed by atoms with van der Waals surface area (Å²) in [4.78, 5) is 18.5. The first-order valence-electron chi connectivity index (χ1n) is 7.89. The molecular weight excluding hydrogens is 331 g/mol. The molecule has 24 heavy (non-hydrogen) atoms. The van der Waals surface area contributed by atoms with Crippen molar-refractivity contribution >= 4 is 29.4 Å². The Hall–Kier alpha value is -2.06. The number of hydrogen-bond acceptors (Lipinski definition) is 5. The minimum Gasteiger partial charge on any atom is -0.370 e. The van der Waals surface area contributed by atoms with Crippen molar-refractivity contribution in [2.45, 2.75) is 19.0 Å². The Morgan fingerprint density at radius 1 is 1.46 bits per heavy atom. The van der Waals surface area contributed by atoms with Crippen molar-refractivity contribution in [1.82, 2.24) is 19.7 Å². The Labute approximate surface area is 141 Å². The number of fused-ring (bicyclic) bond motifs is 1. The Kier molecular flexibility index (Phi) is 4.15. The van der Waals surface area contributed by atoms with Crippen molar-refractivity contribution in [1.29, 1.82) is 0 Å². The van der Waals surface area contributed by atoms with Crippen LogP contribution in [0.1, 0.15) is 6.42 Å². The predicted octanol–water partition coefficient (Wildman–Crippen LogP) is 0.168. The van der Waals surface area contributed by atoms with Crippen molar-refractivity contribution in [3.05, 3.63) is 22.3 Å². The molecule has 0 radical (unpaired) electrons. The average Bonchev–Trinajstić information content (AvgIpc) is 3.21. The summed E-state index contributed by atoms with van der Waals surface area (Å²) < 4.78 is 20.2. The lowest BCUT2D eigenvalue weighted by molar-refractivity contribution is -0.143. The van der Waals surface area contributed by atoms with E-state index in [1.807, 2.05) is 11.1 Å². The molecule has 1 saturated heterocycles. The molecule has 0 bridgehead atoms. The fraction of sp³-hybridized carbons (Fsp3) is 0.438. The van der Waals surface area contributed by atoms with Gasteiger partial charge < -0.3 is 9.64 Å². The molecule has 2 aromatic heterocycles. The van der Waals surface area contributed by atoms with Crippen LogP contribution < -0.4 is 9.88 Å². The van der Waals surface area contributed by atoms with E-state index in [0.29, 0.717) is 13.2 Å². The smallest absolute Gasteiger partial charge is 0.249 e. The molecular formula is C16H17FN4O2S. The van der Waals surface area contributed by atoms with Gasteiger partial charge in [-0.15, -0.1) is 11.3 Å². The van der Waals surface area contributed by atoms with Crippen molar-refractivity contribution in [2.75, 3.05) is 26.4 Å². The SMILES string of the molecule is O=C1COCCN1C1C=c2sc(-c3cnn(CCF)c3)nc2=CC1. The highest BCUT2D eigenvalue weighted by Crippen LogP contribution is 2.19. The van der Waals surface area contributed by atoms with Gasteiger partial charge in [-0.2, -0.15) is 5.10 Å². The third kappa shape index (κ3) is 2.87. The molecule has 2 aromatic rings. The molecule has 1 aliphatic carbocycles. The van der Waals surface area contributed by atoms with Crippen LogP contribution >= 0.6 is 11.3 Å². The number of aromatic nitrogens is 3.